The minimum atomic E-state index is -2.62. The molecule has 0 fully saturated rings. The minimum absolute atomic E-state index is 0.0242. The number of ether oxygens (including phenoxy) is 1. The average Bonchev–Trinajstić information content (AvgIpc) is 2.14. The molecule has 1 aromatic carbocycles. The molecule has 0 aliphatic rings. The Kier molecular flexibility index (Phi) is 3.83. The topological polar surface area (TPSA) is 76.0 Å². The van der Waals surface area contributed by atoms with Crippen LogP contribution in [-0.4, -0.2) is 17.1 Å². The smallest absolute Gasteiger partial charge is 0.508 e. The molecule has 0 heterocycles. The second-order valence-electron chi connectivity index (χ2n) is 2.55. The molecular formula is C8H10O5P+. The molecule has 0 aliphatic heterocycles. The zero-order valence-electron chi connectivity index (χ0n) is 7.51. The van der Waals surface area contributed by atoms with Gasteiger partial charge >= 0.3 is 8.25 Å². The van der Waals surface area contributed by atoms with Gasteiger partial charge in [-0.1, -0.05) is 0 Å². The molecule has 5 nitrogen and oxygen atoms in total. The number of phenols is 1. The second kappa shape index (κ2) is 4.91. The van der Waals surface area contributed by atoms with Crippen LogP contribution >= 0.6 is 8.25 Å². The highest BCUT2D eigenvalue weighted by Gasteiger charge is 2.12. The molecule has 1 unspecified atom stereocenters. The Morgan fingerprint density at radius 2 is 2.14 bits per heavy atom. The van der Waals surface area contributed by atoms with Crippen LogP contribution in [0.15, 0.2) is 18.2 Å². The molecule has 1 aromatic rings. The average molecular weight is 217 g/mol. The van der Waals surface area contributed by atoms with E-state index in [0.29, 0.717) is 11.3 Å². The molecule has 0 aromatic heterocycles. The fourth-order valence-corrected chi connectivity index (χ4v) is 1.23. The summed E-state index contributed by atoms with van der Waals surface area (Å²) >= 11 is 0. The molecule has 1 atom stereocenters. The third-order valence-corrected chi connectivity index (χ3v) is 1.88. The van der Waals surface area contributed by atoms with Gasteiger partial charge < -0.3 is 9.84 Å². The first-order valence-corrected chi connectivity index (χ1v) is 4.91. The van der Waals surface area contributed by atoms with E-state index in [1.165, 1.54) is 19.2 Å². The molecule has 14 heavy (non-hydrogen) atoms. The van der Waals surface area contributed by atoms with Crippen molar-refractivity contribution in [3.8, 4) is 11.5 Å². The van der Waals surface area contributed by atoms with Crippen molar-refractivity contribution in [3.05, 3.63) is 23.8 Å². The van der Waals surface area contributed by atoms with Gasteiger partial charge in [-0.05, 0) is 17.7 Å². The maximum absolute atomic E-state index is 10.2. The van der Waals surface area contributed by atoms with E-state index in [9.17, 15) is 9.67 Å². The van der Waals surface area contributed by atoms with E-state index in [2.05, 4.69) is 4.52 Å². The Morgan fingerprint density at radius 3 is 2.71 bits per heavy atom. The lowest BCUT2D eigenvalue weighted by atomic mass is 10.2. The van der Waals surface area contributed by atoms with Gasteiger partial charge in [-0.15, -0.1) is 9.42 Å². The van der Waals surface area contributed by atoms with Crippen LogP contribution in [0, 0.1) is 0 Å². The van der Waals surface area contributed by atoms with Crippen molar-refractivity contribution in [1.82, 2.24) is 0 Å². The SMILES string of the molecule is COc1cc(O)cc(CO[P+](=O)O)c1. The van der Waals surface area contributed by atoms with E-state index in [4.69, 9.17) is 9.63 Å². The number of rotatable bonds is 4. The van der Waals surface area contributed by atoms with Gasteiger partial charge in [0.05, 0.1) is 7.11 Å². The summed E-state index contributed by atoms with van der Waals surface area (Å²) < 4.78 is 19.6. The number of hydrogen-bond donors (Lipinski definition) is 2. The van der Waals surface area contributed by atoms with Gasteiger partial charge in [0.2, 0.25) is 0 Å². The summed E-state index contributed by atoms with van der Waals surface area (Å²) in [4.78, 5) is 8.40. The maximum atomic E-state index is 10.2. The molecule has 76 valence electrons. The van der Waals surface area contributed by atoms with Crippen LogP contribution in [0.3, 0.4) is 0 Å². The summed E-state index contributed by atoms with van der Waals surface area (Å²) in [7, 11) is -1.16. The van der Waals surface area contributed by atoms with Crippen molar-refractivity contribution in [2.24, 2.45) is 0 Å². The van der Waals surface area contributed by atoms with Crippen LogP contribution in [0.2, 0.25) is 0 Å². The third kappa shape index (κ3) is 3.30. The fraction of sp³-hybridized carbons (Fsp3) is 0.250. The summed E-state index contributed by atoms with van der Waals surface area (Å²) in [5.74, 6) is 0.493. The molecule has 6 heteroatoms. The lowest BCUT2D eigenvalue weighted by Crippen LogP contribution is -1.89. The van der Waals surface area contributed by atoms with Crippen LogP contribution in [0.1, 0.15) is 5.56 Å². The predicted octanol–water partition coefficient (Wildman–Crippen LogP) is 1.57. The molecule has 1 rings (SSSR count). The molecule has 2 N–H and O–H groups in total. The van der Waals surface area contributed by atoms with Crippen LogP contribution in [-0.2, 0) is 15.7 Å². The van der Waals surface area contributed by atoms with Crippen molar-refractivity contribution in [2.75, 3.05) is 7.11 Å². The highest BCUT2D eigenvalue weighted by molar-refractivity contribution is 7.32. The number of hydrogen-bond acceptors (Lipinski definition) is 4. The molecule has 0 spiro atoms. The first kappa shape index (κ1) is 10.9. The highest BCUT2D eigenvalue weighted by Crippen LogP contribution is 2.24. The predicted molar refractivity (Wildman–Crippen MR) is 49.3 cm³/mol. The molecular weight excluding hydrogens is 207 g/mol. The fourth-order valence-electron chi connectivity index (χ4n) is 0.974. The summed E-state index contributed by atoms with van der Waals surface area (Å²) in [6.45, 7) is -0.0452. The quantitative estimate of drug-likeness (QED) is 0.748. The molecule has 0 bridgehead atoms. The number of phenolic OH excluding ortho intramolecular Hbond substituents is 1. The van der Waals surface area contributed by atoms with Gasteiger partial charge in [-0.3, -0.25) is 0 Å². The van der Waals surface area contributed by atoms with Crippen LogP contribution in [0.25, 0.3) is 0 Å². The van der Waals surface area contributed by atoms with Gasteiger partial charge in [0, 0.05) is 10.6 Å². The van der Waals surface area contributed by atoms with E-state index in [-0.39, 0.29) is 12.4 Å². The molecule has 0 saturated heterocycles. The zero-order valence-corrected chi connectivity index (χ0v) is 8.40. The van der Waals surface area contributed by atoms with Gasteiger partial charge in [0.15, 0.2) is 0 Å². The lowest BCUT2D eigenvalue weighted by molar-refractivity contribution is 0.271. The van der Waals surface area contributed by atoms with Crippen molar-refractivity contribution < 1.29 is 23.8 Å². The van der Waals surface area contributed by atoms with E-state index in [0.717, 1.165) is 0 Å². The van der Waals surface area contributed by atoms with E-state index in [1.807, 2.05) is 0 Å². The molecule has 0 amide bonds. The minimum Gasteiger partial charge on any atom is -0.508 e. The number of methoxy groups -OCH3 is 1. The molecule has 0 aliphatic carbocycles. The van der Waals surface area contributed by atoms with E-state index < -0.39 is 8.25 Å². The molecule has 0 saturated carbocycles. The Bertz CT molecular complexity index is 339. The van der Waals surface area contributed by atoms with Crippen LogP contribution in [0.4, 0.5) is 0 Å². The monoisotopic (exact) mass is 217 g/mol. The summed E-state index contributed by atoms with van der Waals surface area (Å²) in [6, 6.07) is 4.47. The van der Waals surface area contributed by atoms with Crippen molar-refractivity contribution in [1.29, 1.82) is 0 Å². The van der Waals surface area contributed by atoms with Gasteiger partial charge in [-0.2, -0.15) is 0 Å². The summed E-state index contributed by atoms with van der Waals surface area (Å²) in [6.07, 6.45) is 0. The summed E-state index contributed by atoms with van der Waals surface area (Å²) in [5.41, 5.74) is 0.569. The van der Waals surface area contributed by atoms with Gasteiger partial charge in [0.25, 0.3) is 0 Å². The zero-order chi connectivity index (χ0) is 10.6. The van der Waals surface area contributed by atoms with Crippen LogP contribution < -0.4 is 4.74 Å². The lowest BCUT2D eigenvalue weighted by Gasteiger charge is -2.02. The number of benzene rings is 1. The first-order valence-electron chi connectivity index (χ1n) is 3.78. The molecule has 0 radical (unpaired) electrons. The van der Waals surface area contributed by atoms with Crippen molar-refractivity contribution in [3.63, 3.8) is 0 Å². The normalized spacial score (nSPS) is 11.1. The highest BCUT2D eigenvalue weighted by atomic mass is 31.1. The van der Waals surface area contributed by atoms with Crippen molar-refractivity contribution >= 4 is 8.25 Å². The Labute approximate surface area is 81.9 Å². The van der Waals surface area contributed by atoms with E-state index in [1.54, 1.807) is 6.07 Å². The van der Waals surface area contributed by atoms with Crippen molar-refractivity contribution in [2.45, 2.75) is 6.61 Å². The standard InChI is InChI=1S/C8H9O5P/c1-12-8-3-6(2-7(9)4-8)5-13-14(10)11/h2-4H,5H2,1H3,(H-,9,10,11)/p+1. The third-order valence-electron chi connectivity index (χ3n) is 1.53. The van der Waals surface area contributed by atoms with Gasteiger partial charge in [-0.25, -0.2) is 0 Å². The Hall–Kier alpha value is -1.16. The maximum Gasteiger partial charge on any atom is 0.695 e. The summed E-state index contributed by atoms with van der Waals surface area (Å²) in [5, 5.41) is 9.22. The van der Waals surface area contributed by atoms with E-state index >= 15 is 0 Å². The first-order chi connectivity index (χ1) is 6.61. The Balaban J connectivity index is 2.76. The largest absolute Gasteiger partial charge is 0.695 e. The van der Waals surface area contributed by atoms with Gasteiger partial charge in [0.1, 0.15) is 18.1 Å². The second-order valence-corrected chi connectivity index (χ2v) is 3.28. The Morgan fingerprint density at radius 1 is 1.43 bits per heavy atom. The van der Waals surface area contributed by atoms with Crippen LogP contribution in [0.5, 0.6) is 11.5 Å². The number of aromatic hydroxyl groups is 1.